The van der Waals surface area contributed by atoms with Gasteiger partial charge in [0.1, 0.15) is 0 Å². The molecular formula is C46H76O16. The van der Waals surface area contributed by atoms with E-state index in [4.69, 9.17) is 39.4 Å². The summed E-state index contributed by atoms with van der Waals surface area (Å²) in [5, 5.41) is 35.4. The molecule has 356 valence electrons. The van der Waals surface area contributed by atoms with Crippen LogP contribution in [0.1, 0.15) is 165 Å². The van der Waals surface area contributed by atoms with Gasteiger partial charge in [-0.3, -0.25) is 19.2 Å². The van der Waals surface area contributed by atoms with Crippen LogP contribution in [0.2, 0.25) is 0 Å². The van der Waals surface area contributed by atoms with Crippen molar-refractivity contribution in [3.63, 3.8) is 0 Å². The molecule has 0 aromatic heterocycles. The first-order valence-corrected chi connectivity index (χ1v) is 18.4. The Labute approximate surface area is 369 Å². The third-order valence-corrected chi connectivity index (χ3v) is 8.65. The van der Waals surface area contributed by atoms with E-state index < -0.39 is 59.5 Å². The fraction of sp³-hybridized carbons (Fsp3) is 0.565. The van der Waals surface area contributed by atoms with Crippen molar-refractivity contribution in [2.45, 2.75) is 124 Å². The molecular weight excluding hydrogens is 808 g/mol. The number of carboxylic acids is 4. The van der Waals surface area contributed by atoms with E-state index in [1.807, 2.05) is 0 Å². The van der Waals surface area contributed by atoms with Gasteiger partial charge < -0.3 is 39.4 Å². The first-order chi connectivity index (χ1) is 26.7. The van der Waals surface area contributed by atoms with Crippen LogP contribution in [0.4, 0.5) is 0 Å². The highest BCUT2D eigenvalue weighted by Crippen LogP contribution is 2.32. The predicted molar refractivity (Wildman–Crippen MR) is 239 cm³/mol. The molecule has 0 radical (unpaired) electrons. The molecule has 0 heterocycles. The minimum atomic E-state index is -1.13. The summed E-state index contributed by atoms with van der Waals surface area (Å²) in [6, 6.07) is 11.9. The van der Waals surface area contributed by atoms with Crippen LogP contribution in [0, 0.1) is 23.7 Å². The van der Waals surface area contributed by atoms with E-state index in [9.17, 15) is 38.4 Å². The zero-order valence-corrected chi connectivity index (χ0v) is 32.1. The Hall–Kier alpha value is -5.80. The maximum absolute atomic E-state index is 11.4. The normalized spacial score (nSPS) is 16.5. The van der Waals surface area contributed by atoms with Crippen molar-refractivity contribution in [1.29, 1.82) is 0 Å². The van der Waals surface area contributed by atoms with Gasteiger partial charge in [-0.2, -0.15) is 0 Å². The fourth-order valence-electron chi connectivity index (χ4n) is 6.03. The molecule has 4 unspecified atom stereocenters. The molecule has 0 spiro atoms. The van der Waals surface area contributed by atoms with E-state index in [-0.39, 0.29) is 92.0 Å². The lowest BCUT2D eigenvalue weighted by Gasteiger charge is -2.26. The smallest absolute Gasteiger partial charge is 0.338 e. The van der Waals surface area contributed by atoms with Gasteiger partial charge in [0.05, 0.1) is 72.4 Å². The monoisotopic (exact) mass is 885 g/mol. The average molecular weight is 885 g/mol. The third-order valence-electron chi connectivity index (χ3n) is 8.65. The predicted octanol–water partition coefficient (Wildman–Crippen LogP) is 9.82. The Morgan fingerprint density at radius 3 is 0.887 bits per heavy atom. The zero-order valence-electron chi connectivity index (χ0n) is 32.1. The Morgan fingerprint density at radius 1 is 0.419 bits per heavy atom. The van der Waals surface area contributed by atoms with Gasteiger partial charge in [0, 0.05) is 0 Å². The van der Waals surface area contributed by atoms with Crippen molar-refractivity contribution >= 4 is 47.8 Å². The SMILES string of the molecule is C.C.C.C.C.C.CCOC(=O)C1CCCCC1C(=O)O.CCOC(=O)C1CCCCC1C(=O)O.CCOC(=O)c1ccccc1C(=O)O.CCOC(=O)c1ccccc1C(=O)O. The first kappa shape index (κ1) is 68.0. The summed E-state index contributed by atoms with van der Waals surface area (Å²) in [6.07, 6.45) is 6.13. The number of ether oxygens (including phenoxy) is 4. The van der Waals surface area contributed by atoms with E-state index in [0.29, 0.717) is 38.9 Å². The third kappa shape index (κ3) is 22.7. The molecule has 4 N–H and O–H groups in total. The molecule has 2 aliphatic rings. The lowest BCUT2D eigenvalue weighted by molar-refractivity contribution is -0.159. The standard InChI is InChI=1S/2C10H16O4.2C10H10O4.6CH4/c4*1-2-14-10(13)8-6-4-3-5-7(8)9(11)12;;;;;;/h2*7-8H,2-6H2,1H3,(H,11,12);2*3-6H,2H2,1H3,(H,11,12);6*1H4. The second kappa shape index (κ2) is 37.0. The molecule has 0 aliphatic heterocycles. The number of benzene rings is 2. The quantitative estimate of drug-likeness (QED) is 0.114. The second-order valence-corrected chi connectivity index (χ2v) is 12.3. The van der Waals surface area contributed by atoms with Gasteiger partial charge in [-0.15, -0.1) is 0 Å². The molecule has 16 nitrogen and oxygen atoms in total. The van der Waals surface area contributed by atoms with E-state index in [2.05, 4.69) is 0 Å². The van der Waals surface area contributed by atoms with Gasteiger partial charge in [-0.05, 0) is 77.6 Å². The summed E-state index contributed by atoms with van der Waals surface area (Å²) in [6.45, 7) is 7.90. The van der Waals surface area contributed by atoms with Gasteiger partial charge >= 0.3 is 47.8 Å². The Morgan fingerprint density at radius 2 is 0.661 bits per heavy atom. The van der Waals surface area contributed by atoms with Crippen molar-refractivity contribution < 1.29 is 77.7 Å². The second-order valence-electron chi connectivity index (χ2n) is 12.3. The maximum Gasteiger partial charge on any atom is 0.338 e. The van der Waals surface area contributed by atoms with Gasteiger partial charge in [-0.25, -0.2) is 19.2 Å². The highest BCUT2D eigenvalue weighted by molar-refractivity contribution is 6.03. The van der Waals surface area contributed by atoms with Crippen LogP contribution in [0.3, 0.4) is 0 Å². The molecule has 4 atom stereocenters. The molecule has 0 saturated heterocycles. The number of hydrogen-bond acceptors (Lipinski definition) is 12. The van der Waals surface area contributed by atoms with Crippen molar-refractivity contribution in [1.82, 2.24) is 0 Å². The molecule has 0 amide bonds. The van der Waals surface area contributed by atoms with Gasteiger partial charge in [0.25, 0.3) is 0 Å². The molecule has 4 rings (SSSR count). The fourth-order valence-corrected chi connectivity index (χ4v) is 6.03. The summed E-state index contributed by atoms with van der Waals surface area (Å²) in [7, 11) is 0. The van der Waals surface area contributed by atoms with E-state index in [0.717, 1.165) is 25.7 Å². The Balaban J connectivity index is -0.000000163. The summed E-state index contributed by atoms with van der Waals surface area (Å²) >= 11 is 0. The lowest BCUT2D eigenvalue weighted by atomic mass is 9.79. The average Bonchev–Trinajstić information content (AvgIpc) is 3.19. The molecule has 2 fully saturated rings. The summed E-state index contributed by atoms with van der Waals surface area (Å²) in [5.74, 6) is -7.85. The van der Waals surface area contributed by atoms with Crippen LogP contribution >= 0.6 is 0 Å². The van der Waals surface area contributed by atoms with Crippen molar-refractivity contribution in [3.8, 4) is 0 Å². The van der Waals surface area contributed by atoms with Crippen molar-refractivity contribution in [2.75, 3.05) is 26.4 Å². The maximum atomic E-state index is 11.4. The van der Waals surface area contributed by atoms with Crippen LogP contribution in [0.5, 0.6) is 0 Å². The molecule has 62 heavy (non-hydrogen) atoms. The largest absolute Gasteiger partial charge is 0.481 e. The molecule has 2 aromatic rings. The van der Waals surface area contributed by atoms with E-state index in [1.54, 1.807) is 52.0 Å². The van der Waals surface area contributed by atoms with E-state index >= 15 is 0 Å². The number of esters is 4. The highest BCUT2D eigenvalue weighted by atomic mass is 16.5. The Kier molecular flexibility index (Phi) is 40.6. The number of rotatable bonds is 12. The number of carboxylic acid groups (broad SMARTS) is 4. The number of carbonyl (C=O) groups is 8. The molecule has 2 aliphatic carbocycles. The highest BCUT2D eigenvalue weighted by Gasteiger charge is 2.37. The molecule has 2 saturated carbocycles. The van der Waals surface area contributed by atoms with Crippen molar-refractivity contribution in [2.24, 2.45) is 23.7 Å². The number of aromatic carboxylic acids is 2. The van der Waals surface area contributed by atoms with Gasteiger partial charge in [0.15, 0.2) is 0 Å². The number of hydrogen-bond donors (Lipinski definition) is 4. The summed E-state index contributed by atoms with van der Waals surface area (Å²) in [5.41, 5.74) is 0.0978. The first-order valence-electron chi connectivity index (χ1n) is 18.4. The zero-order chi connectivity index (χ0) is 42.2. The van der Waals surface area contributed by atoms with E-state index in [1.165, 1.54) is 24.3 Å². The summed E-state index contributed by atoms with van der Waals surface area (Å²) in [4.78, 5) is 88.6. The number of carbonyl (C=O) groups excluding carboxylic acids is 4. The Bertz CT molecular complexity index is 1520. The van der Waals surface area contributed by atoms with Gasteiger partial charge in [0.2, 0.25) is 0 Å². The minimum absolute atomic E-state index is 0. The molecule has 16 heteroatoms. The number of aliphatic carboxylic acids is 2. The van der Waals surface area contributed by atoms with Crippen LogP contribution in [0.25, 0.3) is 0 Å². The van der Waals surface area contributed by atoms with Crippen LogP contribution in [-0.2, 0) is 38.1 Å². The molecule has 2 aromatic carbocycles. The minimum Gasteiger partial charge on any atom is -0.481 e. The van der Waals surface area contributed by atoms with Crippen LogP contribution < -0.4 is 0 Å². The van der Waals surface area contributed by atoms with Crippen LogP contribution in [0.15, 0.2) is 48.5 Å². The van der Waals surface area contributed by atoms with Crippen molar-refractivity contribution in [3.05, 3.63) is 70.8 Å². The molecule has 0 bridgehead atoms. The topological polar surface area (TPSA) is 254 Å². The lowest BCUT2D eigenvalue weighted by Crippen LogP contribution is -2.33. The van der Waals surface area contributed by atoms with Crippen LogP contribution in [-0.4, -0.2) is 94.6 Å². The van der Waals surface area contributed by atoms with Gasteiger partial charge in [-0.1, -0.05) is 94.5 Å². The summed E-state index contributed by atoms with van der Waals surface area (Å²) < 4.78 is 19.2.